The molecule has 0 amide bonds. The van der Waals surface area contributed by atoms with Gasteiger partial charge >= 0.3 is 0 Å². The molecule has 0 aliphatic heterocycles. The van der Waals surface area contributed by atoms with Crippen LogP contribution in [0.25, 0.3) is 16.7 Å². The maximum atomic E-state index is 5.37. The number of rotatable bonds is 4. The van der Waals surface area contributed by atoms with Gasteiger partial charge in [0.2, 0.25) is 0 Å². The maximum Gasteiger partial charge on any atom is 0.139 e. The number of pyridine rings is 1. The van der Waals surface area contributed by atoms with E-state index in [4.69, 9.17) is 4.42 Å². The summed E-state index contributed by atoms with van der Waals surface area (Å²) < 4.78 is 7.10. The van der Waals surface area contributed by atoms with Crippen LogP contribution in [-0.4, -0.2) is 19.7 Å². The van der Waals surface area contributed by atoms with Gasteiger partial charge in [-0.3, -0.25) is 0 Å². The lowest BCUT2D eigenvalue weighted by Crippen LogP contribution is -2.02. The SMILES string of the molecule is c1cc2occc2c(NCc2ccc(-n3cncn3)cc2)n1. The Kier molecular flexibility index (Phi) is 3.05. The Bertz CT molecular complexity index is 880. The van der Waals surface area contributed by atoms with Gasteiger partial charge in [0.25, 0.3) is 0 Å². The van der Waals surface area contributed by atoms with Crippen LogP contribution in [-0.2, 0) is 6.54 Å². The molecule has 0 fully saturated rings. The Labute approximate surface area is 126 Å². The van der Waals surface area contributed by atoms with E-state index in [1.54, 1.807) is 23.5 Å². The molecule has 0 saturated carbocycles. The number of nitrogens with one attached hydrogen (secondary N) is 1. The van der Waals surface area contributed by atoms with Crippen molar-refractivity contribution in [2.75, 3.05) is 5.32 Å². The molecule has 0 saturated heterocycles. The Morgan fingerprint density at radius 3 is 2.82 bits per heavy atom. The molecule has 0 spiro atoms. The Morgan fingerprint density at radius 1 is 1.09 bits per heavy atom. The van der Waals surface area contributed by atoms with E-state index in [-0.39, 0.29) is 0 Å². The van der Waals surface area contributed by atoms with Crippen LogP contribution >= 0.6 is 0 Å². The monoisotopic (exact) mass is 291 g/mol. The summed E-state index contributed by atoms with van der Waals surface area (Å²) in [6.45, 7) is 0.689. The molecule has 0 unspecified atom stereocenters. The predicted octanol–water partition coefficient (Wildman–Crippen LogP) is 3.02. The fourth-order valence-corrected chi connectivity index (χ4v) is 2.33. The van der Waals surface area contributed by atoms with Crippen molar-refractivity contribution in [2.45, 2.75) is 6.54 Å². The first kappa shape index (κ1) is 12.6. The van der Waals surface area contributed by atoms with Crippen LogP contribution in [0.4, 0.5) is 5.82 Å². The van der Waals surface area contributed by atoms with E-state index >= 15 is 0 Å². The van der Waals surface area contributed by atoms with Crippen molar-refractivity contribution in [3.05, 3.63) is 67.1 Å². The quantitative estimate of drug-likeness (QED) is 0.626. The van der Waals surface area contributed by atoms with Crippen LogP contribution in [0.15, 0.2) is 65.9 Å². The van der Waals surface area contributed by atoms with Gasteiger partial charge in [0.15, 0.2) is 0 Å². The molecule has 22 heavy (non-hydrogen) atoms. The number of furan rings is 1. The summed E-state index contributed by atoms with van der Waals surface area (Å²) in [5.74, 6) is 0.826. The van der Waals surface area contributed by atoms with Crippen molar-refractivity contribution in [1.29, 1.82) is 0 Å². The van der Waals surface area contributed by atoms with Crippen LogP contribution in [0.5, 0.6) is 0 Å². The van der Waals surface area contributed by atoms with Gasteiger partial charge in [-0.15, -0.1) is 0 Å². The molecule has 1 N–H and O–H groups in total. The summed E-state index contributed by atoms with van der Waals surface area (Å²) in [5, 5.41) is 8.43. The molecule has 108 valence electrons. The molecule has 4 aromatic rings. The van der Waals surface area contributed by atoms with Crippen molar-refractivity contribution >= 4 is 16.8 Å². The zero-order chi connectivity index (χ0) is 14.8. The number of benzene rings is 1. The Balaban J connectivity index is 1.51. The highest BCUT2D eigenvalue weighted by molar-refractivity contribution is 5.87. The molecule has 6 nitrogen and oxygen atoms in total. The highest BCUT2D eigenvalue weighted by Crippen LogP contribution is 2.22. The van der Waals surface area contributed by atoms with Crippen molar-refractivity contribution in [2.24, 2.45) is 0 Å². The Hall–Kier alpha value is -3.15. The molecule has 0 aliphatic rings. The summed E-state index contributed by atoms with van der Waals surface area (Å²) >= 11 is 0. The minimum atomic E-state index is 0.689. The number of nitrogens with zero attached hydrogens (tertiary/aromatic N) is 4. The number of hydrogen-bond acceptors (Lipinski definition) is 5. The second-order valence-corrected chi connectivity index (χ2v) is 4.85. The molecule has 0 bridgehead atoms. The fourth-order valence-electron chi connectivity index (χ4n) is 2.33. The molecule has 4 rings (SSSR count). The van der Waals surface area contributed by atoms with Crippen LogP contribution in [0.1, 0.15) is 5.56 Å². The molecule has 3 heterocycles. The first-order chi connectivity index (χ1) is 10.9. The Morgan fingerprint density at radius 2 is 2.00 bits per heavy atom. The zero-order valence-corrected chi connectivity index (χ0v) is 11.7. The summed E-state index contributed by atoms with van der Waals surface area (Å²) in [4.78, 5) is 8.30. The highest BCUT2D eigenvalue weighted by Gasteiger charge is 2.04. The van der Waals surface area contributed by atoms with Crippen LogP contribution in [0.3, 0.4) is 0 Å². The van der Waals surface area contributed by atoms with E-state index in [0.29, 0.717) is 6.54 Å². The lowest BCUT2D eigenvalue weighted by molar-refractivity contribution is 0.615. The van der Waals surface area contributed by atoms with E-state index < -0.39 is 0 Å². The second-order valence-electron chi connectivity index (χ2n) is 4.85. The average molecular weight is 291 g/mol. The molecule has 6 heteroatoms. The molecule has 0 radical (unpaired) electrons. The van der Waals surface area contributed by atoms with Gasteiger partial charge in [-0.2, -0.15) is 5.10 Å². The van der Waals surface area contributed by atoms with Crippen LogP contribution < -0.4 is 5.32 Å². The third-order valence-electron chi connectivity index (χ3n) is 3.46. The van der Waals surface area contributed by atoms with Crippen molar-refractivity contribution < 1.29 is 4.42 Å². The molecule has 3 aromatic heterocycles. The lowest BCUT2D eigenvalue weighted by Gasteiger charge is -2.07. The van der Waals surface area contributed by atoms with E-state index in [1.807, 2.05) is 24.3 Å². The van der Waals surface area contributed by atoms with Crippen molar-refractivity contribution in [1.82, 2.24) is 19.7 Å². The van der Waals surface area contributed by atoms with Gasteiger partial charge in [0.1, 0.15) is 24.1 Å². The van der Waals surface area contributed by atoms with E-state index in [0.717, 1.165) is 28.0 Å². The fraction of sp³-hybridized carbons (Fsp3) is 0.0625. The molecular weight excluding hydrogens is 278 g/mol. The molecular formula is C16H13N5O. The van der Waals surface area contributed by atoms with E-state index in [1.165, 1.54) is 6.33 Å². The number of hydrogen-bond donors (Lipinski definition) is 1. The van der Waals surface area contributed by atoms with Gasteiger partial charge in [-0.1, -0.05) is 12.1 Å². The molecule has 1 aromatic carbocycles. The van der Waals surface area contributed by atoms with E-state index in [9.17, 15) is 0 Å². The van der Waals surface area contributed by atoms with Gasteiger partial charge in [-0.05, 0) is 29.8 Å². The number of fused-ring (bicyclic) bond motifs is 1. The predicted molar refractivity (Wildman–Crippen MR) is 82.7 cm³/mol. The van der Waals surface area contributed by atoms with Crippen LogP contribution in [0.2, 0.25) is 0 Å². The van der Waals surface area contributed by atoms with Crippen molar-refractivity contribution in [3.8, 4) is 5.69 Å². The summed E-state index contributed by atoms with van der Waals surface area (Å²) in [6.07, 6.45) is 6.61. The summed E-state index contributed by atoms with van der Waals surface area (Å²) in [5.41, 5.74) is 2.97. The zero-order valence-electron chi connectivity index (χ0n) is 11.7. The third-order valence-corrected chi connectivity index (χ3v) is 3.46. The largest absolute Gasteiger partial charge is 0.464 e. The van der Waals surface area contributed by atoms with Gasteiger partial charge in [0, 0.05) is 12.7 Å². The minimum Gasteiger partial charge on any atom is -0.464 e. The lowest BCUT2D eigenvalue weighted by atomic mass is 10.2. The van der Waals surface area contributed by atoms with Gasteiger partial charge in [0.05, 0.1) is 17.3 Å². The minimum absolute atomic E-state index is 0.689. The van der Waals surface area contributed by atoms with Gasteiger partial charge in [-0.25, -0.2) is 14.6 Å². The normalized spacial score (nSPS) is 10.9. The second kappa shape index (κ2) is 5.33. The topological polar surface area (TPSA) is 68.8 Å². The smallest absolute Gasteiger partial charge is 0.139 e. The van der Waals surface area contributed by atoms with Crippen LogP contribution in [0, 0.1) is 0 Å². The standard InChI is InChI=1S/C16H13N5O/c1-3-13(21-11-17-10-20-21)4-2-12(1)9-19-16-14-6-8-22-15(14)5-7-18-16/h1-8,10-11H,9H2,(H,18,19). The number of aromatic nitrogens is 4. The van der Waals surface area contributed by atoms with Crippen molar-refractivity contribution in [3.63, 3.8) is 0 Å². The summed E-state index contributed by atoms with van der Waals surface area (Å²) in [7, 11) is 0. The summed E-state index contributed by atoms with van der Waals surface area (Å²) in [6, 6.07) is 11.9. The molecule has 0 atom stereocenters. The number of anilines is 1. The maximum absolute atomic E-state index is 5.37. The third kappa shape index (κ3) is 2.31. The van der Waals surface area contributed by atoms with E-state index in [2.05, 4.69) is 32.5 Å². The first-order valence-corrected chi connectivity index (χ1v) is 6.90. The van der Waals surface area contributed by atoms with Gasteiger partial charge < -0.3 is 9.73 Å². The first-order valence-electron chi connectivity index (χ1n) is 6.90. The molecule has 0 aliphatic carbocycles. The highest BCUT2D eigenvalue weighted by atomic mass is 16.3. The average Bonchev–Trinajstić information content (AvgIpc) is 3.24.